The number of nitro benzene ring substituents is 1. The van der Waals surface area contributed by atoms with E-state index >= 15 is 0 Å². The monoisotopic (exact) mass is 384 g/mol. The molecule has 0 unspecified atom stereocenters. The third-order valence-electron chi connectivity index (χ3n) is 4.52. The van der Waals surface area contributed by atoms with Gasteiger partial charge in [0.05, 0.1) is 17.5 Å². The smallest absolute Gasteiger partial charge is 0.269 e. The summed E-state index contributed by atoms with van der Waals surface area (Å²) in [5.41, 5.74) is 3.13. The summed E-state index contributed by atoms with van der Waals surface area (Å²) in [5.74, 6) is -0.522. The van der Waals surface area contributed by atoms with Crippen LogP contribution >= 0.6 is 0 Å². The molecule has 0 aromatic heterocycles. The molecule has 0 aliphatic rings. The van der Waals surface area contributed by atoms with Crippen LogP contribution in [0.4, 0.5) is 17.1 Å². The van der Waals surface area contributed by atoms with Gasteiger partial charge < -0.3 is 10.6 Å². The number of rotatable bonds is 7. The molecule has 8 nitrogen and oxygen atoms in total. The number of likely N-dealkylation sites (N-methyl/N-ethyl adjacent to an activating group) is 1. The van der Waals surface area contributed by atoms with Crippen molar-refractivity contribution in [1.82, 2.24) is 4.90 Å². The second kappa shape index (κ2) is 9.09. The molecule has 2 N–H and O–H groups in total. The minimum Gasteiger partial charge on any atom is -0.325 e. The van der Waals surface area contributed by atoms with Crippen LogP contribution in [0.5, 0.6) is 0 Å². The number of non-ortho nitro benzene ring substituents is 1. The van der Waals surface area contributed by atoms with E-state index in [1.54, 1.807) is 18.9 Å². The van der Waals surface area contributed by atoms with Crippen molar-refractivity contribution in [3.8, 4) is 0 Å². The number of carbonyl (C=O) groups excluding carboxylic acids is 2. The number of aryl methyl sites for hydroxylation is 2. The molecule has 1 atom stereocenters. The summed E-state index contributed by atoms with van der Waals surface area (Å²) in [4.78, 5) is 36.6. The number of carbonyl (C=O) groups is 2. The molecule has 0 heterocycles. The lowest BCUT2D eigenvalue weighted by Crippen LogP contribution is -2.43. The van der Waals surface area contributed by atoms with Crippen molar-refractivity contribution < 1.29 is 14.5 Å². The molecule has 0 aliphatic heterocycles. The van der Waals surface area contributed by atoms with E-state index < -0.39 is 11.0 Å². The maximum absolute atomic E-state index is 12.4. The van der Waals surface area contributed by atoms with Crippen molar-refractivity contribution in [3.05, 3.63) is 63.7 Å². The molecule has 0 saturated heterocycles. The number of nitrogens with one attached hydrogen (secondary N) is 2. The van der Waals surface area contributed by atoms with E-state index in [1.165, 1.54) is 24.3 Å². The van der Waals surface area contributed by atoms with Gasteiger partial charge in [0.1, 0.15) is 0 Å². The Bertz CT molecular complexity index is 860. The fourth-order valence-electron chi connectivity index (χ4n) is 2.67. The highest BCUT2D eigenvalue weighted by molar-refractivity contribution is 5.96. The van der Waals surface area contributed by atoms with E-state index in [0.29, 0.717) is 5.69 Å². The van der Waals surface area contributed by atoms with Crippen LogP contribution in [0.25, 0.3) is 0 Å². The molecule has 2 aromatic rings. The van der Waals surface area contributed by atoms with Crippen molar-refractivity contribution in [2.75, 3.05) is 24.2 Å². The molecular weight excluding hydrogens is 360 g/mol. The zero-order valence-corrected chi connectivity index (χ0v) is 16.4. The molecule has 2 aromatic carbocycles. The van der Waals surface area contributed by atoms with Gasteiger partial charge in [0, 0.05) is 23.5 Å². The number of para-hydroxylation sites is 1. The number of nitrogens with zero attached hydrogens (tertiary/aromatic N) is 2. The van der Waals surface area contributed by atoms with E-state index in [2.05, 4.69) is 10.6 Å². The largest absolute Gasteiger partial charge is 0.325 e. The molecule has 2 rings (SSSR count). The average Bonchev–Trinajstić information content (AvgIpc) is 2.64. The van der Waals surface area contributed by atoms with Crippen LogP contribution in [0, 0.1) is 24.0 Å². The van der Waals surface area contributed by atoms with Crippen LogP contribution < -0.4 is 10.6 Å². The first-order valence-electron chi connectivity index (χ1n) is 8.80. The van der Waals surface area contributed by atoms with Gasteiger partial charge in [-0.15, -0.1) is 0 Å². The number of benzene rings is 2. The maximum Gasteiger partial charge on any atom is 0.269 e. The lowest BCUT2D eigenvalue weighted by Gasteiger charge is -2.23. The third kappa shape index (κ3) is 5.37. The molecule has 148 valence electrons. The molecule has 0 bridgehead atoms. The Morgan fingerprint density at radius 3 is 2.18 bits per heavy atom. The van der Waals surface area contributed by atoms with E-state index in [4.69, 9.17) is 0 Å². The van der Waals surface area contributed by atoms with Gasteiger partial charge in [0.25, 0.3) is 5.69 Å². The van der Waals surface area contributed by atoms with E-state index in [1.807, 2.05) is 32.0 Å². The van der Waals surface area contributed by atoms with Gasteiger partial charge in [0.2, 0.25) is 11.8 Å². The van der Waals surface area contributed by atoms with Crippen LogP contribution in [0.2, 0.25) is 0 Å². The van der Waals surface area contributed by atoms with Crippen LogP contribution in [-0.2, 0) is 9.59 Å². The first-order valence-corrected chi connectivity index (χ1v) is 8.80. The molecular formula is C20H24N4O4. The molecule has 8 heteroatoms. The van der Waals surface area contributed by atoms with E-state index in [0.717, 1.165) is 16.8 Å². The van der Waals surface area contributed by atoms with Gasteiger partial charge in [-0.25, -0.2) is 0 Å². The summed E-state index contributed by atoms with van der Waals surface area (Å²) >= 11 is 0. The Labute approximate surface area is 163 Å². The minimum absolute atomic E-state index is 0.0443. The lowest BCUT2D eigenvalue weighted by atomic mass is 10.1. The van der Waals surface area contributed by atoms with E-state index in [9.17, 15) is 19.7 Å². The minimum atomic E-state index is -0.570. The topological polar surface area (TPSA) is 105 Å². The Balaban J connectivity index is 1.93. The van der Waals surface area contributed by atoms with Crippen LogP contribution in [0.1, 0.15) is 18.1 Å². The summed E-state index contributed by atoms with van der Waals surface area (Å²) in [6, 6.07) is 10.8. The molecule has 0 aliphatic carbocycles. The Kier molecular flexibility index (Phi) is 6.84. The summed E-state index contributed by atoms with van der Waals surface area (Å²) in [5, 5.41) is 16.3. The number of nitro groups is 1. The van der Waals surface area contributed by atoms with Gasteiger partial charge in [0.15, 0.2) is 0 Å². The second-order valence-electron chi connectivity index (χ2n) is 6.70. The summed E-state index contributed by atoms with van der Waals surface area (Å²) < 4.78 is 0. The number of anilines is 2. The molecule has 2 amide bonds. The van der Waals surface area contributed by atoms with E-state index in [-0.39, 0.29) is 24.0 Å². The number of hydrogen-bond donors (Lipinski definition) is 2. The molecule has 0 spiro atoms. The molecule has 0 fully saturated rings. The Hall–Kier alpha value is -3.26. The van der Waals surface area contributed by atoms with Crippen LogP contribution in [0.3, 0.4) is 0 Å². The predicted octanol–water partition coefficient (Wildman–Crippen LogP) is 3.11. The van der Waals surface area contributed by atoms with Crippen molar-refractivity contribution >= 4 is 28.9 Å². The van der Waals surface area contributed by atoms with Crippen molar-refractivity contribution in [2.24, 2.45) is 0 Å². The maximum atomic E-state index is 12.4. The van der Waals surface area contributed by atoms with Gasteiger partial charge in [-0.2, -0.15) is 0 Å². The zero-order chi connectivity index (χ0) is 20.8. The normalized spacial score (nSPS) is 11.8. The van der Waals surface area contributed by atoms with Crippen molar-refractivity contribution in [3.63, 3.8) is 0 Å². The van der Waals surface area contributed by atoms with Crippen LogP contribution in [0.15, 0.2) is 42.5 Å². The quantitative estimate of drug-likeness (QED) is 0.564. The lowest BCUT2D eigenvalue weighted by molar-refractivity contribution is -0.384. The highest BCUT2D eigenvalue weighted by Gasteiger charge is 2.21. The fourth-order valence-corrected chi connectivity index (χ4v) is 2.67. The predicted molar refractivity (Wildman–Crippen MR) is 108 cm³/mol. The van der Waals surface area contributed by atoms with Crippen LogP contribution in [-0.4, -0.2) is 41.3 Å². The second-order valence-corrected chi connectivity index (χ2v) is 6.70. The third-order valence-corrected chi connectivity index (χ3v) is 4.52. The summed E-state index contributed by atoms with van der Waals surface area (Å²) in [6.45, 7) is 5.58. The summed E-state index contributed by atoms with van der Waals surface area (Å²) in [6.07, 6.45) is 0. The van der Waals surface area contributed by atoms with Gasteiger partial charge >= 0.3 is 0 Å². The number of amides is 2. The van der Waals surface area contributed by atoms with Crippen molar-refractivity contribution in [2.45, 2.75) is 26.8 Å². The van der Waals surface area contributed by atoms with Gasteiger partial charge in [-0.1, -0.05) is 18.2 Å². The number of hydrogen-bond acceptors (Lipinski definition) is 5. The molecule has 0 saturated carbocycles. The Morgan fingerprint density at radius 1 is 1.07 bits per heavy atom. The van der Waals surface area contributed by atoms with Gasteiger partial charge in [-0.3, -0.25) is 24.6 Å². The fraction of sp³-hybridized carbons (Fsp3) is 0.300. The molecule has 0 radical (unpaired) electrons. The zero-order valence-electron chi connectivity index (χ0n) is 16.4. The highest BCUT2D eigenvalue weighted by Crippen LogP contribution is 2.19. The summed E-state index contributed by atoms with van der Waals surface area (Å²) in [7, 11) is 1.68. The average molecular weight is 384 g/mol. The first kappa shape index (κ1) is 21.0. The van der Waals surface area contributed by atoms with Gasteiger partial charge in [-0.05, 0) is 51.1 Å². The Morgan fingerprint density at radius 2 is 1.64 bits per heavy atom. The first-order chi connectivity index (χ1) is 13.2. The highest BCUT2D eigenvalue weighted by atomic mass is 16.6. The SMILES string of the molecule is Cc1cccc(C)c1NC(=O)CN(C)[C@@H](C)C(=O)Nc1ccc([N+](=O)[O-])cc1. The van der Waals surface area contributed by atoms with Crippen molar-refractivity contribution in [1.29, 1.82) is 0 Å². The molecule has 28 heavy (non-hydrogen) atoms. The standard InChI is InChI=1S/C20H24N4O4/c1-13-6-5-7-14(2)19(13)22-18(25)12-23(4)15(3)20(26)21-16-8-10-17(11-9-16)24(27)28/h5-11,15H,12H2,1-4H3,(H,21,26)(H,22,25)/t15-/m0/s1.